The summed E-state index contributed by atoms with van der Waals surface area (Å²) in [4.78, 5) is 27.1. The van der Waals surface area contributed by atoms with Gasteiger partial charge in [-0.1, -0.05) is 0 Å². The number of carbonyl (C=O) groups excluding carboxylic acids is 1. The van der Waals surface area contributed by atoms with Gasteiger partial charge in [-0.2, -0.15) is 0 Å². The summed E-state index contributed by atoms with van der Waals surface area (Å²) in [5, 5.41) is 0.872. The highest BCUT2D eigenvalue weighted by Gasteiger charge is 2.30. The van der Waals surface area contributed by atoms with E-state index in [1.54, 1.807) is 23.5 Å². The van der Waals surface area contributed by atoms with Crippen molar-refractivity contribution in [1.82, 2.24) is 19.9 Å². The molecule has 0 unspecified atom stereocenters. The largest absolute Gasteiger partial charge is 0.443 e. The van der Waals surface area contributed by atoms with Crippen LogP contribution < -0.4 is 0 Å². The Morgan fingerprint density at radius 3 is 2.69 bits per heavy atom. The fourth-order valence-electron chi connectivity index (χ4n) is 3.79. The molecule has 0 aliphatic carbocycles. The van der Waals surface area contributed by atoms with Crippen molar-refractivity contribution < 1.29 is 18.0 Å². The van der Waals surface area contributed by atoms with Crippen molar-refractivity contribution in [3.05, 3.63) is 42.8 Å². The molecule has 29 heavy (non-hydrogen) atoms. The predicted octanol–water partition coefficient (Wildman–Crippen LogP) is 3.76. The second kappa shape index (κ2) is 7.94. The number of halogens is 2. The van der Waals surface area contributed by atoms with Gasteiger partial charge in [-0.15, -0.1) is 0 Å². The minimum Gasteiger partial charge on any atom is -0.443 e. The minimum atomic E-state index is -2.70. The minimum absolute atomic E-state index is 0.104. The van der Waals surface area contributed by atoms with Gasteiger partial charge in [-0.25, -0.2) is 13.8 Å². The molecule has 0 bridgehead atoms. The zero-order chi connectivity index (χ0) is 20.4. The third-order valence-electron chi connectivity index (χ3n) is 5.24. The lowest BCUT2D eigenvalue weighted by Crippen LogP contribution is -2.42. The smallest absolute Gasteiger partial charge is 0.257 e. The molecule has 0 amide bonds. The van der Waals surface area contributed by atoms with Crippen LogP contribution >= 0.6 is 0 Å². The maximum Gasteiger partial charge on any atom is 0.257 e. The van der Waals surface area contributed by atoms with Crippen LogP contribution in [0.3, 0.4) is 0 Å². The van der Waals surface area contributed by atoms with Gasteiger partial charge in [0.25, 0.3) is 5.92 Å². The summed E-state index contributed by atoms with van der Waals surface area (Å²) >= 11 is 0. The number of carbonyl (C=O) groups is 1. The summed E-state index contributed by atoms with van der Waals surface area (Å²) in [6.07, 6.45) is 7.80. The number of Topliss-reactive ketones (excluding diaryl/α,β-unsaturated/α-hetero) is 1. The second-order valence-electron chi connectivity index (χ2n) is 7.72. The molecule has 4 rings (SSSR count). The van der Waals surface area contributed by atoms with Crippen LogP contribution in [0, 0.1) is 5.92 Å². The van der Waals surface area contributed by atoms with Crippen LogP contribution in [0.15, 0.2) is 41.5 Å². The number of rotatable bonds is 6. The Balaban J connectivity index is 1.42. The molecule has 3 aromatic rings. The van der Waals surface area contributed by atoms with E-state index < -0.39 is 5.92 Å². The van der Waals surface area contributed by atoms with Crippen LogP contribution in [0.25, 0.3) is 22.2 Å². The lowest BCUT2D eigenvalue weighted by Gasteiger charge is -2.32. The Hall–Kier alpha value is -2.74. The van der Waals surface area contributed by atoms with Crippen LogP contribution in [0.1, 0.15) is 25.5 Å². The van der Waals surface area contributed by atoms with E-state index in [2.05, 4.69) is 15.0 Å². The van der Waals surface area contributed by atoms with Gasteiger partial charge < -0.3 is 4.42 Å². The monoisotopic (exact) mass is 400 g/mol. The molecule has 4 heterocycles. The second-order valence-corrected chi connectivity index (χ2v) is 7.72. The van der Waals surface area contributed by atoms with E-state index in [1.807, 2.05) is 12.1 Å². The van der Waals surface area contributed by atoms with E-state index in [0.29, 0.717) is 37.4 Å². The Morgan fingerprint density at radius 1 is 1.21 bits per heavy atom. The fourth-order valence-corrected chi connectivity index (χ4v) is 3.79. The number of fused-ring (bicyclic) bond motifs is 1. The van der Waals surface area contributed by atoms with E-state index >= 15 is 0 Å². The van der Waals surface area contributed by atoms with Gasteiger partial charge >= 0.3 is 0 Å². The number of alkyl halides is 2. The average molecular weight is 400 g/mol. The third-order valence-corrected chi connectivity index (χ3v) is 5.24. The van der Waals surface area contributed by atoms with E-state index in [0.717, 1.165) is 23.4 Å². The van der Waals surface area contributed by atoms with Gasteiger partial charge in [0.15, 0.2) is 12.2 Å². The highest BCUT2D eigenvalue weighted by molar-refractivity contribution is 5.86. The molecule has 0 radical (unpaired) electrons. The molecule has 1 aliphatic heterocycles. The van der Waals surface area contributed by atoms with Crippen LogP contribution in [-0.4, -0.2) is 51.2 Å². The Labute approximate surface area is 167 Å². The summed E-state index contributed by atoms with van der Waals surface area (Å²) in [6.45, 7) is 1.73. The van der Waals surface area contributed by atoms with Gasteiger partial charge in [-0.3, -0.25) is 19.7 Å². The number of hydrogen-bond acceptors (Lipinski definition) is 6. The molecule has 0 spiro atoms. The standard InChI is InChI=1S/C21H22F2N4O2/c1-21(22,23)12-27-4-2-14(3-5-27)19(28)8-17-7-15-6-16(20-11-24-13-29-20)9-26-18(15)10-25-17/h6-7,9-11,13-14H,2-5,8,12H2,1H3. The number of nitrogens with zero attached hydrogens (tertiary/aromatic N) is 4. The number of likely N-dealkylation sites (tertiary alicyclic amines) is 1. The van der Waals surface area contributed by atoms with Crippen molar-refractivity contribution in [2.45, 2.75) is 32.1 Å². The van der Waals surface area contributed by atoms with Crippen molar-refractivity contribution in [2.24, 2.45) is 5.92 Å². The Bertz CT molecular complexity index is 994. The van der Waals surface area contributed by atoms with Gasteiger partial charge in [-0.05, 0) is 38.1 Å². The highest BCUT2D eigenvalue weighted by Crippen LogP contribution is 2.25. The fraction of sp³-hybridized carbons (Fsp3) is 0.429. The van der Waals surface area contributed by atoms with Crippen molar-refractivity contribution in [3.63, 3.8) is 0 Å². The lowest BCUT2D eigenvalue weighted by molar-refractivity contribution is -0.124. The Morgan fingerprint density at radius 2 is 2.00 bits per heavy atom. The first-order chi connectivity index (χ1) is 13.9. The maximum atomic E-state index is 13.2. The number of oxazole rings is 1. The van der Waals surface area contributed by atoms with E-state index in [-0.39, 0.29) is 24.7 Å². The lowest BCUT2D eigenvalue weighted by atomic mass is 9.90. The molecular weight excluding hydrogens is 378 g/mol. The highest BCUT2D eigenvalue weighted by atomic mass is 19.3. The molecule has 6 nitrogen and oxygen atoms in total. The quantitative estimate of drug-likeness (QED) is 0.627. The summed E-state index contributed by atoms with van der Waals surface area (Å²) < 4.78 is 31.6. The molecular formula is C21H22F2N4O2. The molecule has 0 atom stereocenters. The summed E-state index contributed by atoms with van der Waals surface area (Å²) in [5.41, 5.74) is 2.22. The summed E-state index contributed by atoms with van der Waals surface area (Å²) in [7, 11) is 0. The van der Waals surface area contributed by atoms with Crippen LogP contribution in [0.5, 0.6) is 0 Å². The molecule has 0 aromatic carbocycles. The molecule has 0 saturated carbocycles. The summed E-state index contributed by atoms with van der Waals surface area (Å²) in [6, 6.07) is 3.80. The van der Waals surface area contributed by atoms with Crippen molar-refractivity contribution in [1.29, 1.82) is 0 Å². The van der Waals surface area contributed by atoms with E-state index in [4.69, 9.17) is 4.42 Å². The first-order valence-electron chi connectivity index (χ1n) is 9.64. The topological polar surface area (TPSA) is 72.1 Å². The molecule has 152 valence electrons. The number of pyridine rings is 2. The van der Waals surface area contributed by atoms with Gasteiger partial charge in [0.2, 0.25) is 0 Å². The van der Waals surface area contributed by atoms with Crippen molar-refractivity contribution in [3.8, 4) is 11.3 Å². The maximum absolute atomic E-state index is 13.2. The number of hydrogen-bond donors (Lipinski definition) is 0. The van der Waals surface area contributed by atoms with E-state index in [9.17, 15) is 13.6 Å². The van der Waals surface area contributed by atoms with Gasteiger partial charge in [0.1, 0.15) is 5.78 Å². The van der Waals surface area contributed by atoms with Crippen molar-refractivity contribution in [2.75, 3.05) is 19.6 Å². The SMILES string of the molecule is CC(F)(F)CN1CCC(C(=O)Cc2cc3cc(-c4cnco4)cnc3cn2)CC1. The van der Waals surface area contributed by atoms with E-state index in [1.165, 1.54) is 6.39 Å². The number of aromatic nitrogens is 3. The summed E-state index contributed by atoms with van der Waals surface area (Å²) in [5.74, 6) is -2.07. The molecule has 3 aromatic heterocycles. The number of ketones is 1. The van der Waals surface area contributed by atoms with Crippen LogP contribution in [0.4, 0.5) is 8.78 Å². The zero-order valence-corrected chi connectivity index (χ0v) is 16.1. The molecule has 1 aliphatic rings. The van der Waals surface area contributed by atoms with Crippen molar-refractivity contribution >= 4 is 16.7 Å². The van der Waals surface area contributed by atoms with Gasteiger partial charge in [0, 0.05) is 42.1 Å². The molecule has 1 fully saturated rings. The number of piperidine rings is 1. The molecule has 1 saturated heterocycles. The average Bonchev–Trinajstić information content (AvgIpc) is 3.21. The first kappa shape index (κ1) is 19.6. The van der Waals surface area contributed by atoms with Gasteiger partial charge in [0.05, 0.1) is 24.5 Å². The normalized spacial score (nSPS) is 16.4. The molecule has 0 N–H and O–H groups in total. The van der Waals surface area contributed by atoms with Crippen LogP contribution in [0.2, 0.25) is 0 Å². The Kier molecular flexibility index (Phi) is 5.36. The first-order valence-corrected chi connectivity index (χ1v) is 9.64. The predicted molar refractivity (Wildman–Crippen MR) is 104 cm³/mol. The zero-order valence-electron chi connectivity index (χ0n) is 16.1. The van der Waals surface area contributed by atoms with Crippen LogP contribution in [-0.2, 0) is 11.2 Å². The molecule has 8 heteroatoms. The third kappa shape index (κ3) is 4.82.